The summed E-state index contributed by atoms with van der Waals surface area (Å²) < 4.78 is 10.7. The average molecular weight is 384 g/mol. The number of benzene rings is 2. The smallest absolute Gasteiger partial charge is 0.244 e. The van der Waals surface area contributed by atoms with Crippen molar-refractivity contribution in [1.29, 1.82) is 0 Å². The summed E-state index contributed by atoms with van der Waals surface area (Å²) in [7, 11) is 1.63. The maximum Gasteiger partial charge on any atom is 0.244 e. The molecule has 0 bridgehead atoms. The molecule has 2 aromatic rings. The van der Waals surface area contributed by atoms with Crippen LogP contribution in [0.3, 0.4) is 0 Å². The Morgan fingerprint density at radius 3 is 2.54 bits per heavy atom. The molecule has 1 amide bonds. The van der Waals surface area contributed by atoms with Crippen LogP contribution in [0, 0.1) is 0 Å². The summed E-state index contributed by atoms with van der Waals surface area (Å²) in [6, 6.07) is 13.2. The second kappa shape index (κ2) is 9.08. The number of ether oxygens (including phenoxy) is 2. The molecule has 1 aliphatic heterocycles. The van der Waals surface area contributed by atoms with Crippen LogP contribution in [0.2, 0.25) is 0 Å². The highest BCUT2D eigenvalue weighted by molar-refractivity contribution is 5.97. The fraction of sp³-hybridized carbons (Fsp3) is 0.409. The number of aliphatic hydroxyl groups is 1. The van der Waals surface area contributed by atoms with Gasteiger partial charge in [0.05, 0.1) is 26.4 Å². The maximum absolute atomic E-state index is 12.9. The third kappa shape index (κ3) is 4.29. The Morgan fingerprint density at radius 1 is 1.14 bits per heavy atom. The molecule has 0 aliphatic carbocycles. The Balaban J connectivity index is 1.69. The monoisotopic (exact) mass is 384 g/mol. The van der Waals surface area contributed by atoms with Crippen LogP contribution in [0.25, 0.3) is 0 Å². The number of carbonyl (C=O) groups excluding carboxylic acids is 1. The van der Waals surface area contributed by atoms with E-state index in [0.29, 0.717) is 25.4 Å². The van der Waals surface area contributed by atoms with Gasteiger partial charge in [0, 0.05) is 30.9 Å². The zero-order valence-corrected chi connectivity index (χ0v) is 16.7. The standard InChI is InChI=1S/C22H28N2O4/c1-4-28-21-10-5-17(13-18(21)15-25)14-23-11-12-24(22(26)16(23)2)19-6-8-20(27-3)9-7-19/h5-10,13,16,25H,4,11-12,14-15H2,1-3H3/t16-/m0/s1. The summed E-state index contributed by atoms with van der Waals surface area (Å²) in [6.45, 7) is 6.43. The molecular formula is C22H28N2O4. The SMILES string of the molecule is CCOc1ccc(CN2CCN(c3ccc(OC)cc3)C(=O)[C@@H]2C)cc1CO. The van der Waals surface area contributed by atoms with Crippen LogP contribution < -0.4 is 14.4 Å². The number of rotatable bonds is 7. The van der Waals surface area contributed by atoms with Crippen molar-refractivity contribution in [1.82, 2.24) is 4.90 Å². The molecule has 0 saturated carbocycles. The minimum Gasteiger partial charge on any atom is -0.497 e. The first-order valence-corrected chi connectivity index (χ1v) is 9.62. The number of nitrogens with zero attached hydrogens (tertiary/aromatic N) is 2. The predicted octanol–water partition coefficient (Wildman–Crippen LogP) is 2.82. The van der Waals surface area contributed by atoms with Crippen molar-refractivity contribution in [2.24, 2.45) is 0 Å². The topological polar surface area (TPSA) is 62.2 Å². The van der Waals surface area contributed by atoms with E-state index in [9.17, 15) is 9.90 Å². The van der Waals surface area contributed by atoms with Gasteiger partial charge in [0.2, 0.25) is 5.91 Å². The van der Waals surface area contributed by atoms with Crippen LogP contribution in [-0.4, -0.2) is 48.8 Å². The fourth-order valence-electron chi connectivity index (χ4n) is 3.53. The zero-order valence-electron chi connectivity index (χ0n) is 16.7. The molecule has 1 heterocycles. The molecule has 0 aromatic heterocycles. The third-order valence-electron chi connectivity index (χ3n) is 5.15. The van der Waals surface area contributed by atoms with E-state index < -0.39 is 0 Å². The summed E-state index contributed by atoms with van der Waals surface area (Å²) in [5, 5.41) is 9.60. The summed E-state index contributed by atoms with van der Waals surface area (Å²) in [5.74, 6) is 1.57. The van der Waals surface area contributed by atoms with Crippen molar-refractivity contribution in [3.8, 4) is 11.5 Å². The van der Waals surface area contributed by atoms with Gasteiger partial charge < -0.3 is 19.5 Å². The molecule has 0 radical (unpaired) electrons. The highest BCUT2D eigenvalue weighted by atomic mass is 16.5. The van der Waals surface area contributed by atoms with Gasteiger partial charge in [-0.1, -0.05) is 6.07 Å². The van der Waals surface area contributed by atoms with Crippen molar-refractivity contribution < 1.29 is 19.4 Å². The van der Waals surface area contributed by atoms with Crippen molar-refractivity contribution in [3.63, 3.8) is 0 Å². The van der Waals surface area contributed by atoms with E-state index in [1.165, 1.54) is 0 Å². The van der Waals surface area contributed by atoms with Crippen LogP contribution in [0.5, 0.6) is 11.5 Å². The van der Waals surface area contributed by atoms with E-state index >= 15 is 0 Å². The van der Waals surface area contributed by atoms with Crippen molar-refractivity contribution in [2.75, 3.05) is 31.7 Å². The van der Waals surface area contributed by atoms with Crippen LogP contribution in [0.4, 0.5) is 5.69 Å². The van der Waals surface area contributed by atoms with Crippen molar-refractivity contribution in [2.45, 2.75) is 33.0 Å². The molecule has 6 heteroatoms. The summed E-state index contributed by atoms with van der Waals surface area (Å²) in [4.78, 5) is 16.9. The van der Waals surface area contributed by atoms with E-state index in [-0.39, 0.29) is 18.6 Å². The van der Waals surface area contributed by atoms with Gasteiger partial charge >= 0.3 is 0 Å². The largest absolute Gasteiger partial charge is 0.497 e. The number of anilines is 1. The van der Waals surface area contributed by atoms with E-state index in [4.69, 9.17) is 9.47 Å². The lowest BCUT2D eigenvalue weighted by Crippen LogP contribution is -2.55. The first-order valence-electron chi connectivity index (χ1n) is 9.62. The molecular weight excluding hydrogens is 356 g/mol. The molecule has 6 nitrogen and oxygen atoms in total. The number of piperazine rings is 1. The number of carbonyl (C=O) groups is 1. The normalized spacial score (nSPS) is 17.6. The Kier molecular flexibility index (Phi) is 6.54. The molecule has 28 heavy (non-hydrogen) atoms. The van der Waals surface area contributed by atoms with Gasteiger partial charge in [0.25, 0.3) is 0 Å². The van der Waals surface area contributed by atoms with Crippen molar-refractivity contribution >= 4 is 11.6 Å². The first-order chi connectivity index (χ1) is 13.6. The fourth-order valence-corrected chi connectivity index (χ4v) is 3.53. The number of methoxy groups -OCH3 is 1. The first kappa shape index (κ1) is 20.2. The maximum atomic E-state index is 12.9. The van der Waals surface area contributed by atoms with Crippen LogP contribution >= 0.6 is 0 Å². The second-order valence-corrected chi connectivity index (χ2v) is 6.87. The average Bonchev–Trinajstić information content (AvgIpc) is 2.73. The molecule has 0 unspecified atom stereocenters. The zero-order chi connectivity index (χ0) is 20.1. The Bertz CT molecular complexity index is 807. The number of amides is 1. The molecule has 3 rings (SSSR count). The van der Waals surface area contributed by atoms with E-state index in [1.54, 1.807) is 7.11 Å². The van der Waals surface area contributed by atoms with Crippen molar-refractivity contribution in [3.05, 3.63) is 53.6 Å². The minimum atomic E-state index is -0.222. The summed E-state index contributed by atoms with van der Waals surface area (Å²) in [5.41, 5.74) is 2.72. The van der Waals surface area contributed by atoms with E-state index in [0.717, 1.165) is 29.1 Å². The van der Waals surface area contributed by atoms with Gasteiger partial charge in [0.15, 0.2) is 0 Å². The molecule has 150 valence electrons. The Morgan fingerprint density at radius 2 is 1.89 bits per heavy atom. The lowest BCUT2D eigenvalue weighted by atomic mass is 10.1. The quantitative estimate of drug-likeness (QED) is 0.795. The Hall–Kier alpha value is -2.57. The van der Waals surface area contributed by atoms with Crippen LogP contribution in [-0.2, 0) is 17.9 Å². The summed E-state index contributed by atoms with van der Waals surface area (Å²) >= 11 is 0. The lowest BCUT2D eigenvalue weighted by Gasteiger charge is -2.39. The number of hydrogen-bond acceptors (Lipinski definition) is 5. The van der Waals surface area contributed by atoms with Gasteiger partial charge in [-0.25, -0.2) is 0 Å². The third-order valence-corrected chi connectivity index (χ3v) is 5.15. The van der Waals surface area contributed by atoms with Gasteiger partial charge in [0.1, 0.15) is 11.5 Å². The minimum absolute atomic E-state index is 0.0666. The Labute approximate surface area is 166 Å². The van der Waals surface area contributed by atoms with E-state index in [2.05, 4.69) is 4.90 Å². The molecule has 1 saturated heterocycles. The molecule has 1 fully saturated rings. The van der Waals surface area contributed by atoms with Crippen LogP contribution in [0.15, 0.2) is 42.5 Å². The van der Waals surface area contributed by atoms with Gasteiger partial charge in [-0.2, -0.15) is 0 Å². The van der Waals surface area contributed by atoms with E-state index in [1.807, 2.05) is 61.2 Å². The highest BCUT2D eigenvalue weighted by Crippen LogP contribution is 2.25. The number of hydrogen-bond donors (Lipinski definition) is 1. The summed E-state index contributed by atoms with van der Waals surface area (Å²) in [6.07, 6.45) is 0. The predicted molar refractivity (Wildman–Crippen MR) is 109 cm³/mol. The lowest BCUT2D eigenvalue weighted by molar-refractivity contribution is -0.125. The molecule has 0 spiro atoms. The molecule has 2 aromatic carbocycles. The number of aliphatic hydroxyl groups excluding tert-OH is 1. The second-order valence-electron chi connectivity index (χ2n) is 6.87. The molecule has 1 N–H and O–H groups in total. The van der Waals surface area contributed by atoms with Gasteiger partial charge in [-0.3, -0.25) is 9.69 Å². The van der Waals surface area contributed by atoms with Crippen LogP contribution in [0.1, 0.15) is 25.0 Å². The van der Waals surface area contributed by atoms with Gasteiger partial charge in [-0.05, 0) is 55.8 Å². The molecule has 1 atom stereocenters. The highest BCUT2D eigenvalue weighted by Gasteiger charge is 2.32. The molecule has 1 aliphatic rings. The van der Waals surface area contributed by atoms with Gasteiger partial charge in [-0.15, -0.1) is 0 Å².